The van der Waals surface area contributed by atoms with Crippen LogP contribution in [-0.4, -0.2) is 37.5 Å². The quantitative estimate of drug-likeness (QED) is 0.819. The fourth-order valence-corrected chi connectivity index (χ4v) is 1.41. The maximum atomic E-state index is 11.8. The number of halogens is 1. The molecule has 0 aliphatic heterocycles. The van der Waals surface area contributed by atoms with E-state index in [1.165, 1.54) is 0 Å². The first-order chi connectivity index (χ1) is 8.17. The van der Waals surface area contributed by atoms with E-state index >= 15 is 0 Å². The average Bonchev–Trinajstić information content (AvgIpc) is 2.38. The first kappa shape index (κ1) is 16.9. The minimum atomic E-state index is -0.0296. The highest BCUT2D eigenvalue weighted by Gasteiger charge is 2.04. The molecule has 0 saturated heterocycles. The van der Waals surface area contributed by atoms with Gasteiger partial charge < -0.3 is 16.0 Å². The number of hydrogen-bond donors (Lipinski definition) is 2. The first-order valence-corrected chi connectivity index (χ1v) is 5.93. The Morgan fingerprint density at radius 3 is 2.44 bits per heavy atom. The topological polar surface area (TPSA) is 58.4 Å². The molecule has 1 aromatic carbocycles. The van der Waals surface area contributed by atoms with Crippen molar-refractivity contribution in [3.05, 3.63) is 35.4 Å². The lowest BCUT2D eigenvalue weighted by Gasteiger charge is -2.14. The Balaban J connectivity index is 0.00000289. The first-order valence-electron chi connectivity index (χ1n) is 5.93. The van der Waals surface area contributed by atoms with Gasteiger partial charge in [-0.05, 0) is 31.3 Å². The van der Waals surface area contributed by atoms with Crippen LogP contribution in [0.1, 0.15) is 22.8 Å². The van der Waals surface area contributed by atoms with Crippen LogP contribution in [-0.2, 0) is 6.54 Å². The zero-order valence-corrected chi connectivity index (χ0v) is 11.8. The summed E-state index contributed by atoms with van der Waals surface area (Å²) in [6, 6.07) is 7.38. The minimum Gasteiger partial charge on any atom is -0.351 e. The standard InChI is InChI=1S/C13H21N3O.ClH/c1-3-16(2)9-8-15-13(17)12-6-4-11(10-14)5-7-12;/h4-7H,3,8-10,14H2,1-2H3,(H,15,17);1H. The number of carbonyl (C=O) groups excluding carboxylic acids is 1. The van der Waals surface area contributed by atoms with Crippen molar-refractivity contribution in [2.75, 3.05) is 26.7 Å². The van der Waals surface area contributed by atoms with Crippen molar-refractivity contribution in [3.63, 3.8) is 0 Å². The summed E-state index contributed by atoms with van der Waals surface area (Å²) in [5.74, 6) is -0.0296. The van der Waals surface area contributed by atoms with Gasteiger partial charge in [0.15, 0.2) is 0 Å². The Morgan fingerprint density at radius 2 is 1.94 bits per heavy atom. The van der Waals surface area contributed by atoms with Crippen molar-refractivity contribution in [2.24, 2.45) is 5.73 Å². The molecule has 4 nitrogen and oxygen atoms in total. The van der Waals surface area contributed by atoms with Gasteiger partial charge in [0.2, 0.25) is 0 Å². The van der Waals surface area contributed by atoms with Crippen LogP contribution in [0.3, 0.4) is 0 Å². The summed E-state index contributed by atoms with van der Waals surface area (Å²) in [6.45, 7) is 5.11. The van der Waals surface area contributed by atoms with E-state index < -0.39 is 0 Å². The number of amides is 1. The monoisotopic (exact) mass is 271 g/mol. The smallest absolute Gasteiger partial charge is 0.251 e. The number of carbonyl (C=O) groups is 1. The van der Waals surface area contributed by atoms with E-state index in [4.69, 9.17) is 5.73 Å². The Kier molecular flexibility index (Phi) is 8.37. The van der Waals surface area contributed by atoms with Crippen LogP contribution in [0, 0.1) is 0 Å². The SMILES string of the molecule is CCN(C)CCNC(=O)c1ccc(CN)cc1.Cl. The molecule has 1 aromatic rings. The van der Waals surface area contributed by atoms with Crippen LogP contribution >= 0.6 is 12.4 Å². The predicted molar refractivity (Wildman–Crippen MR) is 77.1 cm³/mol. The fraction of sp³-hybridized carbons (Fsp3) is 0.462. The molecule has 0 aliphatic carbocycles. The number of hydrogen-bond acceptors (Lipinski definition) is 3. The lowest BCUT2D eigenvalue weighted by Crippen LogP contribution is -2.32. The molecule has 0 unspecified atom stereocenters. The van der Waals surface area contributed by atoms with Crippen LogP contribution in [0.4, 0.5) is 0 Å². The van der Waals surface area contributed by atoms with Crippen molar-refractivity contribution >= 4 is 18.3 Å². The molecule has 0 spiro atoms. The van der Waals surface area contributed by atoms with Gasteiger partial charge in [0.05, 0.1) is 0 Å². The second-order valence-corrected chi connectivity index (χ2v) is 4.05. The normalized spacial score (nSPS) is 10.0. The Morgan fingerprint density at radius 1 is 1.33 bits per heavy atom. The molecule has 0 heterocycles. The summed E-state index contributed by atoms with van der Waals surface area (Å²) < 4.78 is 0. The highest BCUT2D eigenvalue weighted by molar-refractivity contribution is 5.94. The molecule has 1 rings (SSSR count). The summed E-state index contributed by atoms with van der Waals surface area (Å²) in [5.41, 5.74) is 7.22. The number of rotatable bonds is 6. The van der Waals surface area contributed by atoms with Gasteiger partial charge in [-0.15, -0.1) is 12.4 Å². The third-order valence-electron chi connectivity index (χ3n) is 2.77. The third kappa shape index (κ3) is 5.49. The summed E-state index contributed by atoms with van der Waals surface area (Å²) in [5, 5.41) is 2.89. The molecule has 0 aromatic heterocycles. The average molecular weight is 272 g/mol. The van der Waals surface area contributed by atoms with Gasteiger partial charge >= 0.3 is 0 Å². The molecule has 3 N–H and O–H groups in total. The fourth-order valence-electron chi connectivity index (χ4n) is 1.41. The number of benzene rings is 1. The second kappa shape index (κ2) is 8.91. The van der Waals surface area contributed by atoms with Gasteiger partial charge in [-0.2, -0.15) is 0 Å². The number of nitrogens with zero attached hydrogens (tertiary/aromatic N) is 1. The van der Waals surface area contributed by atoms with Crippen LogP contribution in [0.2, 0.25) is 0 Å². The Labute approximate surface area is 115 Å². The van der Waals surface area contributed by atoms with E-state index in [0.29, 0.717) is 18.7 Å². The molecule has 5 heteroatoms. The van der Waals surface area contributed by atoms with Crippen molar-refractivity contribution < 1.29 is 4.79 Å². The van der Waals surface area contributed by atoms with E-state index in [0.717, 1.165) is 18.7 Å². The van der Waals surface area contributed by atoms with E-state index in [1.54, 1.807) is 12.1 Å². The number of nitrogens with one attached hydrogen (secondary N) is 1. The van der Waals surface area contributed by atoms with E-state index in [2.05, 4.69) is 17.1 Å². The van der Waals surface area contributed by atoms with Gasteiger partial charge in [0.25, 0.3) is 5.91 Å². The van der Waals surface area contributed by atoms with Gasteiger partial charge in [-0.25, -0.2) is 0 Å². The molecule has 1 amide bonds. The van der Waals surface area contributed by atoms with E-state index in [-0.39, 0.29) is 18.3 Å². The van der Waals surface area contributed by atoms with Gasteiger partial charge in [0, 0.05) is 25.2 Å². The summed E-state index contributed by atoms with van der Waals surface area (Å²) in [7, 11) is 2.03. The molecule has 102 valence electrons. The van der Waals surface area contributed by atoms with E-state index in [1.807, 2.05) is 19.2 Å². The van der Waals surface area contributed by atoms with Crippen LogP contribution in [0.25, 0.3) is 0 Å². The largest absolute Gasteiger partial charge is 0.351 e. The molecule has 0 radical (unpaired) electrons. The third-order valence-corrected chi connectivity index (χ3v) is 2.77. The Hall–Kier alpha value is -1.10. The number of nitrogens with two attached hydrogens (primary N) is 1. The number of likely N-dealkylation sites (N-methyl/N-ethyl adjacent to an activating group) is 1. The molecule has 0 fully saturated rings. The van der Waals surface area contributed by atoms with Crippen LogP contribution in [0.15, 0.2) is 24.3 Å². The maximum absolute atomic E-state index is 11.8. The second-order valence-electron chi connectivity index (χ2n) is 4.05. The zero-order chi connectivity index (χ0) is 12.7. The van der Waals surface area contributed by atoms with Gasteiger partial charge in [-0.1, -0.05) is 19.1 Å². The molecular formula is C13H22ClN3O. The predicted octanol–water partition coefficient (Wildman–Crippen LogP) is 1.25. The van der Waals surface area contributed by atoms with Crippen molar-refractivity contribution in [2.45, 2.75) is 13.5 Å². The van der Waals surface area contributed by atoms with Gasteiger partial charge in [-0.3, -0.25) is 4.79 Å². The summed E-state index contributed by atoms with van der Waals surface area (Å²) in [4.78, 5) is 13.9. The highest BCUT2D eigenvalue weighted by atomic mass is 35.5. The minimum absolute atomic E-state index is 0. The lowest BCUT2D eigenvalue weighted by molar-refractivity contribution is 0.0950. The molecule has 0 bridgehead atoms. The maximum Gasteiger partial charge on any atom is 0.251 e. The molecular weight excluding hydrogens is 250 g/mol. The lowest BCUT2D eigenvalue weighted by atomic mass is 10.1. The Bertz CT molecular complexity index is 354. The summed E-state index contributed by atoms with van der Waals surface area (Å²) in [6.07, 6.45) is 0. The van der Waals surface area contributed by atoms with Gasteiger partial charge in [0.1, 0.15) is 0 Å². The van der Waals surface area contributed by atoms with Crippen molar-refractivity contribution in [1.82, 2.24) is 10.2 Å². The van der Waals surface area contributed by atoms with E-state index in [9.17, 15) is 4.79 Å². The summed E-state index contributed by atoms with van der Waals surface area (Å²) >= 11 is 0. The molecule has 18 heavy (non-hydrogen) atoms. The molecule has 0 aliphatic rings. The van der Waals surface area contributed by atoms with Crippen molar-refractivity contribution in [1.29, 1.82) is 0 Å². The molecule has 0 atom stereocenters. The highest BCUT2D eigenvalue weighted by Crippen LogP contribution is 2.03. The van der Waals surface area contributed by atoms with Crippen LogP contribution < -0.4 is 11.1 Å². The van der Waals surface area contributed by atoms with Crippen LogP contribution in [0.5, 0.6) is 0 Å². The zero-order valence-electron chi connectivity index (χ0n) is 11.0. The van der Waals surface area contributed by atoms with Crippen molar-refractivity contribution in [3.8, 4) is 0 Å². The molecule has 0 saturated carbocycles.